The molecule has 1 heterocycles. The topological polar surface area (TPSA) is 104 Å². The van der Waals surface area contributed by atoms with Crippen LogP contribution in [0.4, 0.5) is 4.79 Å². The van der Waals surface area contributed by atoms with Gasteiger partial charge in [-0.3, -0.25) is 14.7 Å². The van der Waals surface area contributed by atoms with E-state index in [2.05, 4.69) is 20.9 Å². The van der Waals surface area contributed by atoms with Crippen molar-refractivity contribution in [3.8, 4) is 0 Å². The van der Waals surface area contributed by atoms with E-state index in [9.17, 15) is 9.59 Å². The van der Waals surface area contributed by atoms with Gasteiger partial charge in [-0.2, -0.15) is 0 Å². The number of guanidine groups is 1. The van der Waals surface area contributed by atoms with Crippen molar-refractivity contribution < 1.29 is 19.1 Å². The smallest absolute Gasteiger partial charge is 0.412 e. The fraction of sp³-hybridized carbons (Fsp3) is 0.857. The Kier molecular flexibility index (Phi) is 11.0. The van der Waals surface area contributed by atoms with Gasteiger partial charge < -0.3 is 25.4 Å². The Labute approximate surface area is 204 Å². The number of nitrogens with zero attached hydrogens (tertiary/aromatic N) is 2. The van der Waals surface area contributed by atoms with Crippen LogP contribution < -0.4 is 16.0 Å². The number of hydrogen-bond donors (Lipinski definition) is 3. The Hall–Kier alpha value is -1.30. The van der Waals surface area contributed by atoms with E-state index in [1.165, 1.54) is 0 Å². The van der Waals surface area contributed by atoms with Gasteiger partial charge in [0.1, 0.15) is 11.3 Å². The number of carbonyl (C=O) groups is 2. The molecule has 0 saturated carbocycles. The minimum atomic E-state index is -0.776. The Morgan fingerprint density at radius 3 is 2.10 bits per heavy atom. The highest BCUT2D eigenvalue weighted by molar-refractivity contribution is 14.0. The highest BCUT2D eigenvalue weighted by Gasteiger charge is 2.49. The summed E-state index contributed by atoms with van der Waals surface area (Å²) >= 11 is 0. The van der Waals surface area contributed by atoms with Crippen molar-refractivity contribution in [1.29, 1.82) is 0 Å². The van der Waals surface area contributed by atoms with Gasteiger partial charge in [-0.1, -0.05) is 20.8 Å². The molecular formula is C21H42IN5O4. The van der Waals surface area contributed by atoms with Crippen LogP contribution in [0.2, 0.25) is 0 Å². The van der Waals surface area contributed by atoms with Gasteiger partial charge in [-0.15, -0.1) is 24.0 Å². The number of amides is 2. The number of hydrogen-bond acceptors (Lipinski definition) is 5. The Bertz CT molecular complexity index is 641. The Morgan fingerprint density at radius 2 is 1.61 bits per heavy atom. The standard InChI is InChI=1S/C21H41N5O4.HI/c1-14-15(26(21(8,9)29-14)18(28)30-20(5,6)7)13-25-17(22-10)24-12-11-23-16(27)19(2,3)4;/h14-15H,11-13H2,1-10H3,(H,23,27)(H2,22,24,25);1H. The van der Waals surface area contributed by atoms with E-state index < -0.39 is 22.8 Å². The largest absolute Gasteiger partial charge is 0.444 e. The van der Waals surface area contributed by atoms with E-state index in [1.807, 2.05) is 62.3 Å². The number of carbonyl (C=O) groups excluding carboxylic acids is 2. The summed E-state index contributed by atoms with van der Waals surface area (Å²) in [5.74, 6) is 0.584. The summed E-state index contributed by atoms with van der Waals surface area (Å²) in [4.78, 5) is 30.6. The van der Waals surface area contributed by atoms with Gasteiger partial charge in [0.25, 0.3) is 0 Å². The highest BCUT2D eigenvalue weighted by atomic mass is 127. The van der Waals surface area contributed by atoms with Crippen LogP contribution in [0.3, 0.4) is 0 Å². The van der Waals surface area contributed by atoms with E-state index in [4.69, 9.17) is 9.47 Å². The van der Waals surface area contributed by atoms with Crippen molar-refractivity contribution in [1.82, 2.24) is 20.9 Å². The van der Waals surface area contributed by atoms with Crippen molar-refractivity contribution in [3.63, 3.8) is 0 Å². The van der Waals surface area contributed by atoms with Gasteiger partial charge in [-0.05, 0) is 41.5 Å². The first-order valence-corrected chi connectivity index (χ1v) is 10.5. The summed E-state index contributed by atoms with van der Waals surface area (Å²) in [6.45, 7) is 18.3. The first-order chi connectivity index (χ1) is 13.6. The number of ether oxygens (including phenoxy) is 2. The molecular weight excluding hydrogens is 513 g/mol. The van der Waals surface area contributed by atoms with Gasteiger partial charge in [0.2, 0.25) is 5.91 Å². The molecule has 0 aromatic carbocycles. The molecule has 2 unspecified atom stereocenters. The van der Waals surface area contributed by atoms with Crippen LogP contribution in [0.1, 0.15) is 62.3 Å². The van der Waals surface area contributed by atoms with Crippen LogP contribution in [0.15, 0.2) is 4.99 Å². The summed E-state index contributed by atoms with van der Waals surface area (Å²) in [6, 6.07) is -0.228. The van der Waals surface area contributed by atoms with Gasteiger partial charge in [0, 0.05) is 32.1 Å². The molecule has 0 bridgehead atoms. The van der Waals surface area contributed by atoms with Crippen molar-refractivity contribution in [3.05, 3.63) is 0 Å². The van der Waals surface area contributed by atoms with Crippen LogP contribution in [-0.4, -0.2) is 73.0 Å². The molecule has 0 radical (unpaired) electrons. The molecule has 0 spiro atoms. The zero-order valence-corrected chi connectivity index (χ0v) is 23.0. The zero-order valence-electron chi connectivity index (χ0n) is 20.7. The lowest BCUT2D eigenvalue weighted by molar-refractivity contribution is -0.128. The average Bonchev–Trinajstić information content (AvgIpc) is 2.79. The van der Waals surface area contributed by atoms with Crippen molar-refractivity contribution >= 4 is 41.9 Å². The minimum absolute atomic E-state index is 0. The maximum atomic E-state index is 12.8. The molecule has 31 heavy (non-hydrogen) atoms. The number of aliphatic imine (C=N–C) groups is 1. The van der Waals surface area contributed by atoms with Crippen LogP contribution in [0.5, 0.6) is 0 Å². The molecule has 1 fully saturated rings. The quantitative estimate of drug-likeness (QED) is 0.209. The molecule has 1 saturated heterocycles. The zero-order chi connectivity index (χ0) is 23.3. The summed E-state index contributed by atoms with van der Waals surface area (Å²) in [5, 5.41) is 9.30. The second kappa shape index (κ2) is 11.5. The van der Waals surface area contributed by atoms with Gasteiger partial charge in [-0.25, -0.2) is 4.79 Å². The molecule has 1 aliphatic rings. The van der Waals surface area contributed by atoms with Crippen LogP contribution >= 0.6 is 24.0 Å². The van der Waals surface area contributed by atoms with E-state index in [1.54, 1.807) is 11.9 Å². The lowest BCUT2D eigenvalue weighted by Crippen LogP contribution is -2.54. The summed E-state index contributed by atoms with van der Waals surface area (Å²) < 4.78 is 11.6. The Morgan fingerprint density at radius 1 is 1.06 bits per heavy atom. The minimum Gasteiger partial charge on any atom is -0.444 e. The van der Waals surface area contributed by atoms with E-state index in [0.29, 0.717) is 25.6 Å². The van der Waals surface area contributed by atoms with E-state index in [-0.39, 0.29) is 42.0 Å². The molecule has 10 heteroatoms. The van der Waals surface area contributed by atoms with Crippen molar-refractivity contribution in [2.75, 3.05) is 26.7 Å². The van der Waals surface area contributed by atoms with Crippen molar-refractivity contribution in [2.24, 2.45) is 10.4 Å². The average molecular weight is 556 g/mol. The van der Waals surface area contributed by atoms with Crippen LogP contribution in [0.25, 0.3) is 0 Å². The fourth-order valence-corrected chi connectivity index (χ4v) is 3.17. The second-order valence-corrected chi connectivity index (χ2v) is 10.1. The van der Waals surface area contributed by atoms with Crippen LogP contribution in [-0.2, 0) is 14.3 Å². The molecule has 0 aliphatic carbocycles. The molecule has 1 rings (SSSR count). The van der Waals surface area contributed by atoms with Gasteiger partial charge in [0.05, 0.1) is 12.1 Å². The highest BCUT2D eigenvalue weighted by Crippen LogP contribution is 2.33. The van der Waals surface area contributed by atoms with Gasteiger partial charge in [0.15, 0.2) is 5.96 Å². The first kappa shape index (κ1) is 29.7. The third-order valence-electron chi connectivity index (χ3n) is 4.60. The molecule has 182 valence electrons. The molecule has 3 N–H and O–H groups in total. The summed E-state index contributed by atoms with van der Waals surface area (Å²) in [6.07, 6.45) is -0.583. The summed E-state index contributed by atoms with van der Waals surface area (Å²) in [7, 11) is 1.67. The fourth-order valence-electron chi connectivity index (χ4n) is 3.17. The monoisotopic (exact) mass is 555 g/mol. The van der Waals surface area contributed by atoms with Crippen LogP contribution in [0, 0.1) is 5.41 Å². The third kappa shape index (κ3) is 9.38. The lowest BCUT2D eigenvalue weighted by Gasteiger charge is -2.35. The third-order valence-corrected chi connectivity index (χ3v) is 4.60. The molecule has 0 aromatic rings. The number of rotatable bonds is 5. The SMILES string of the molecule is CN=C(NCCNC(=O)C(C)(C)C)NCC1C(C)OC(C)(C)N1C(=O)OC(C)(C)C.I. The maximum absolute atomic E-state index is 12.8. The molecule has 2 amide bonds. The lowest BCUT2D eigenvalue weighted by atomic mass is 9.96. The molecule has 0 aromatic heterocycles. The molecule has 1 aliphatic heterocycles. The first-order valence-electron chi connectivity index (χ1n) is 10.5. The molecule has 9 nitrogen and oxygen atoms in total. The Balaban J connectivity index is 0.00000900. The maximum Gasteiger partial charge on any atom is 0.412 e. The number of nitrogens with one attached hydrogen (secondary N) is 3. The van der Waals surface area contributed by atoms with Gasteiger partial charge >= 0.3 is 6.09 Å². The van der Waals surface area contributed by atoms with E-state index >= 15 is 0 Å². The predicted octanol–water partition coefficient (Wildman–Crippen LogP) is 2.69. The normalized spacial score (nSPS) is 21.2. The number of halogens is 1. The molecule has 2 atom stereocenters. The second-order valence-electron chi connectivity index (χ2n) is 10.1. The predicted molar refractivity (Wildman–Crippen MR) is 134 cm³/mol. The van der Waals surface area contributed by atoms with E-state index in [0.717, 1.165) is 0 Å². The van der Waals surface area contributed by atoms with Crippen molar-refractivity contribution in [2.45, 2.75) is 85.8 Å². The summed E-state index contributed by atoms with van der Waals surface area (Å²) in [5.41, 5.74) is -1.79.